The molecule has 2 aromatic rings. The van der Waals surface area contributed by atoms with Crippen molar-refractivity contribution in [3.05, 3.63) is 53.2 Å². The number of piperidine rings is 2. The molecule has 0 spiro atoms. The predicted octanol–water partition coefficient (Wildman–Crippen LogP) is 1.01. The van der Waals surface area contributed by atoms with E-state index in [1.165, 1.54) is 6.20 Å². The number of pyridine rings is 1. The maximum Gasteiger partial charge on any atom is 0.263 e. The monoisotopic (exact) mass is 573 g/mol. The fourth-order valence-electron chi connectivity index (χ4n) is 6.41. The first-order valence-corrected chi connectivity index (χ1v) is 14.6. The number of carbonyl (C=O) groups excluding carboxylic acids is 5. The second-order valence-electron chi connectivity index (χ2n) is 11.5. The number of nitrogens with two attached hydrogens (primary N) is 1. The highest BCUT2D eigenvalue weighted by Crippen LogP contribution is 2.30. The molecule has 220 valence electrons. The summed E-state index contributed by atoms with van der Waals surface area (Å²) in [6.07, 6.45) is 5.08. The third-order valence-corrected chi connectivity index (χ3v) is 8.99. The van der Waals surface area contributed by atoms with E-state index in [2.05, 4.69) is 25.0 Å². The normalized spacial score (nSPS) is 22.0. The Bertz CT molecular complexity index is 1410. The molecule has 0 bridgehead atoms. The van der Waals surface area contributed by atoms with Gasteiger partial charge in [-0.25, -0.2) is 4.98 Å². The number of aromatic nitrogens is 1. The summed E-state index contributed by atoms with van der Waals surface area (Å²) in [5, 5.41) is 2.22. The summed E-state index contributed by atoms with van der Waals surface area (Å²) in [5.41, 5.74) is 7.46. The van der Waals surface area contributed by atoms with Crippen LogP contribution in [0.2, 0.25) is 0 Å². The number of imide groups is 2. The molecule has 3 saturated heterocycles. The van der Waals surface area contributed by atoms with Crippen molar-refractivity contribution in [3.63, 3.8) is 0 Å². The first-order chi connectivity index (χ1) is 20.3. The molecule has 3 N–H and O–H groups in total. The number of amides is 5. The third kappa shape index (κ3) is 5.46. The van der Waals surface area contributed by atoms with Crippen LogP contribution in [0.4, 0.5) is 11.5 Å². The molecule has 4 aliphatic rings. The van der Waals surface area contributed by atoms with Crippen LogP contribution in [0.25, 0.3) is 0 Å². The maximum atomic E-state index is 13.2. The van der Waals surface area contributed by atoms with Gasteiger partial charge in [-0.15, -0.1) is 0 Å². The molecular weight excluding hydrogens is 538 g/mol. The lowest BCUT2D eigenvalue weighted by molar-refractivity contribution is -0.136. The standard InChI is InChI=1S/C30H35N7O5/c31-27(39)20-1-3-21(4-2-20)35-11-8-19(9-12-35)7-10-34-13-15-36(16-14-34)25-17-22-23(18-32-25)30(42)37(29(22)41)24-5-6-26(38)33-28(24)40/h1-4,17-19,24H,5-16H2,(H2,31,39)(H,33,38,40). The number of nitrogens with zero attached hydrogens (tertiary/aromatic N) is 5. The van der Waals surface area contributed by atoms with Gasteiger partial charge in [0.1, 0.15) is 11.9 Å². The Hall–Kier alpha value is -4.32. The van der Waals surface area contributed by atoms with E-state index >= 15 is 0 Å². The Balaban J connectivity index is 0.977. The Kier molecular flexibility index (Phi) is 7.63. The second kappa shape index (κ2) is 11.5. The summed E-state index contributed by atoms with van der Waals surface area (Å²) in [6, 6.07) is 8.19. The van der Waals surface area contributed by atoms with E-state index in [1.54, 1.807) is 18.2 Å². The summed E-state index contributed by atoms with van der Waals surface area (Å²) in [5.74, 6) is -1.15. The second-order valence-corrected chi connectivity index (χ2v) is 11.5. The van der Waals surface area contributed by atoms with Crippen LogP contribution in [0.5, 0.6) is 0 Å². The van der Waals surface area contributed by atoms with E-state index in [-0.39, 0.29) is 24.0 Å². The fraction of sp³-hybridized carbons (Fsp3) is 0.467. The molecule has 5 amide bonds. The van der Waals surface area contributed by atoms with Crippen LogP contribution in [0.15, 0.2) is 36.5 Å². The van der Waals surface area contributed by atoms with E-state index in [0.717, 1.165) is 75.7 Å². The highest BCUT2D eigenvalue weighted by atomic mass is 16.2. The van der Waals surface area contributed by atoms with Crippen molar-refractivity contribution in [1.82, 2.24) is 20.1 Å². The van der Waals surface area contributed by atoms with Crippen LogP contribution >= 0.6 is 0 Å². The lowest BCUT2D eigenvalue weighted by atomic mass is 9.93. The summed E-state index contributed by atoms with van der Waals surface area (Å²) in [6.45, 7) is 6.35. The highest BCUT2D eigenvalue weighted by molar-refractivity contribution is 6.23. The number of anilines is 2. The molecule has 5 heterocycles. The zero-order chi connectivity index (χ0) is 29.4. The van der Waals surface area contributed by atoms with Gasteiger partial charge >= 0.3 is 0 Å². The molecule has 1 aromatic carbocycles. The molecule has 0 saturated carbocycles. The molecule has 42 heavy (non-hydrogen) atoms. The lowest BCUT2D eigenvalue weighted by Gasteiger charge is -2.37. The van der Waals surface area contributed by atoms with Gasteiger partial charge in [0, 0.05) is 63.1 Å². The number of rotatable bonds is 7. The average molecular weight is 574 g/mol. The number of fused-ring (bicyclic) bond motifs is 1. The molecule has 6 rings (SSSR count). The van der Waals surface area contributed by atoms with Crippen molar-refractivity contribution in [2.45, 2.75) is 38.1 Å². The van der Waals surface area contributed by atoms with Crippen molar-refractivity contribution in [2.75, 3.05) is 55.6 Å². The van der Waals surface area contributed by atoms with Crippen molar-refractivity contribution in [3.8, 4) is 0 Å². The molecule has 1 aromatic heterocycles. The van der Waals surface area contributed by atoms with E-state index in [1.807, 2.05) is 12.1 Å². The van der Waals surface area contributed by atoms with Gasteiger partial charge in [-0.1, -0.05) is 0 Å². The zero-order valence-corrected chi connectivity index (χ0v) is 23.5. The summed E-state index contributed by atoms with van der Waals surface area (Å²) in [7, 11) is 0. The summed E-state index contributed by atoms with van der Waals surface area (Å²) < 4.78 is 0. The number of carbonyl (C=O) groups is 5. The van der Waals surface area contributed by atoms with Gasteiger partial charge < -0.3 is 15.5 Å². The first kappa shape index (κ1) is 27.8. The quantitative estimate of drug-likeness (QED) is 0.463. The van der Waals surface area contributed by atoms with E-state index in [4.69, 9.17) is 5.73 Å². The predicted molar refractivity (Wildman–Crippen MR) is 154 cm³/mol. The third-order valence-electron chi connectivity index (χ3n) is 8.99. The van der Waals surface area contributed by atoms with Crippen molar-refractivity contribution in [2.24, 2.45) is 11.7 Å². The van der Waals surface area contributed by atoms with Crippen LogP contribution in [-0.4, -0.2) is 96.2 Å². The van der Waals surface area contributed by atoms with Gasteiger partial charge in [-0.05, 0) is 68.5 Å². The van der Waals surface area contributed by atoms with Gasteiger partial charge in [0.05, 0.1) is 11.1 Å². The molecule has 4 aliphatic heterocycles. The van der Waals surface area contributed by atoms with Gasteiger partial charge in [0.15, 0.2) is 0 Å². The van der Waals surface area contributed by atoms with E-state index < -0.39 is 35.6 Å². The molecule has 3 fully saturated rings. The number of primary amides is 1. The molecule has 0 radical (unpaired) electrons. The number of piperazine rings is 1. The topological polar surface area (TPSA) is 149 Å². The highest BCUT2D eigenvalue weighted by Gasteiger charge is 2.45. The lowest BCUT2D eigenvalue weighted by Crippen LogP contribution is -2.54. The molecule has 1 atom stereocenters. The number of hydrogen-bond donors (Lipinski definition) is 2. The SMILES string of the molecule is NC(=O)c1ccc(N2CCC(CCN3CCN(c4cc5c(cn4)C(=O)N(C4CCC(=O)NC4=O)C5=O)CC3)CC2)cc1. The first-order valence-electron chi connectivity index (χ1n) is 14.6. The van der Waals surface area contributed by atoms with Crippen LogP contribution in [0.3, 0.4) is 0 Å². The maximum absolute atomic E-state index is 13.2. The van der Waals surface area contributed by atoms with Crippen LogP contribution in [0.1, 0.15) is 63.2 Å². The minimum Gasteiger partial charge on any atom is -0.372 e. The van der Waals surface area contributed by atoms with Crippen LogP contribution in [-0.2, 0) is 9.59 Å². The van der Waals surface area contributed by atoms with Gasteiger partial charge in [0.2, 0.25) is 17.7 Å². The Morgan fingerprint density at radius 1 is 0.881 bits per heavy atom. The minimum atomic E-state index is -0.982. The Labute approximate surface area is 243 Å². The Morgan fingerprint density at radius 3 is 2.24 bits per heavy atom. The smallest absolute Gasteiger partial charge is 0.263 e. The number of nitrogens with one attached hydrogen (secondary N) is 1. The van der Waals surface area contributed by atoms with Crippen LogP contribution in [0, 0.1) is 5.92 Å². The van der Waals surface area contributed by atoms with Crippen molar-refractivity contribution in [1.29, 1.82) is 0 Å². The molecule has 12 nitrogen and oxygen atoms in total. The largest absolute Gasteiger partial charge is 0.372 e. The average Bonchev–Trinajstić information content (AvgIpc) is 3.25. The van der Waals surface area contributed by atoms with Gasteiger partial charge in [0.25, 0.3) is 11.8 Å². The summed E-state index contributed by atoms with van der Waals surface area (Å²) in [4.78, 5) is 73.7. The van der Waals surface area contributed by atoms with Gasteiger partial charge in [-0.2, -0.15) is 0 Å². The van der Waals surface area contributed by atoms with Gasteiger partial charge in [-0.3, -0.25) is 39.1 Å². The number of benzene rings is 1. The van der Waals surface area contributed by atoms with Crippen LogP contribution < -0.4 is 20.9 Å². The molecule has 0 aliphatic carbocycles. The zero-order valence-electron chi connectivity index (χ0n) is 23.5. The Morgan fingerprint density at radius 2 is 1.57 bits per heavy atom. The van der Waals surface area contributed by atoms with Crippen molar-refractivity contribution >= 4 is 41.0 Å². The van der Waals surface area contributed by atoms with E-state index in [0.29, 0.717) is 17.3 Å². The summed E-state index contributed by atoms with van der Waals surface area (Å²) >= 11 is 0. The number of hydrogen-bond acceptors (Lipinski definition) is 9. The minimum absolute atomic E-state index is 0.0881. The molecule has 1 unspecified atom stereocenters. The van der Waals surface area contributed by atoms with E-state index in [9.17, 15) is 24.0 Å². The van der Waals surface area contributed by atoms with Crippen molar-refractivity contribution < 1.29 is 24.0 Å². The fourth-order valence-corrected chi connectivity index (χ4v) is 6.41. The molecule has 12 heteroatoms. The molecular formula is C30H35N7O5.